The lowest BCUT2D eigenvalue weighted by Crippen LogP contribution is -2.24. The van der Waals surface area contributed by atoms with Crippen molar-refractivity contribution in [3.8, 4) is 0 Å². The highest BCUT2D eigenvalue weighted by molar-refractivity contribution is 7.98. The van der Waals surface area contributed by atoms with Crippen LogP contribution in [-0.4, -0.2) is 12.5 Å². The van der Waals surface area contributed by atoms with E-state index in [0.29, 0.717) is 0 Å². The summed E-state index contributed by atoms with van der Waals surface area (Å²) in [5.41, 5.74) is 3.25. The number of unbranched alkanes of at least 4 members (excludes halogenated alkanes) is 1. The van der Waals surface area contributed by atoms with Crippen molar-refractivity contribution in [2.24, 2.45) is 0 Å². The molecular formula is C19H23NOS. The molecular weight excluding hydrogens is 290 g/mol. The third kappa shape index (κ3) is 5.23. The summed E-state index contributed by atoms with van der Waals surface area (Å²) in [6.07, 6.45) is 2.12. The minimum atomic E-state index is 0.0196. The number of benzene rings is 2. The van der Waals surface area contributed by atoms with Crippen LogP contribution in [-0.2, 0) is 5.75 Å². The average Bonchev–Trinajstić information content (AvgIpc) is 2.55. The first-order valence-corrected chi connectivity index (χ1v) is 8.74. The number of nitrogens with one attached hydrogen (secondary N) is 1. The summed E-state index contributed by atoms with van der Waals surface area (Å²) in [4.78, 5) is 13.2. The first kappa shape index (κ1) is 16.6. The fourth-order valence-corrected chi connectivity index (χ4v) is 2.89. The molecule has 0 bridgehead atoms. The summed E-state index contributed by atoms with van der Waals surface area (Å²) in [6, 6.07) is 16.5. The molecule has 1 N–H and O–H groups in total. The van der Waals surface area contributed by atoms with Gasteiger partial charge < -0.3 is 5.32 Å². The zero-order valence-electron chi connectivity index (χ0n) is 13.3. The summed E-state index contributed by atoms with van der Waals surface area (Å²) < 4.78 is 0. The van der Waals surface area contributed by atoms with Crippen LogP contribution in [0.2, 0.25) is 0 Å². The standard InChI is InChI=1S/C19H23NOS/c1-3-4-13-20-19(21)17-9-7-16(8-10-17)14-22-18-11-5-15(2)6-12-18/h5-12H,3-4,13-14H2,1-2H3,(H,20,21). The molecule has 0 saturated heterocycles. The van der Waals surface area contributed by atoms with Crippen molar-refractivity contribution in [1.82, 2.24) is 5.32 Å². The van der Waals surface area contributed by atoms with Crippen LogP contribution in [0.5, 0.6) is 0 Å². The van der Waals surface area contributed by atoms with Gasteiger partial charge in [0.25, 0.3) is 5.91 Å². The second kappa shape index (κ2) is 8.64. The molecule has 0 heterocycles. The number of rotatable bonds is 7. The number of carbonyl (C=O) groups is 1. The van der Waals surface area contributed by atoms with E-state index in [1.807, 2.05) is 36.0 Å². The van der Waals surface area contributed by atoms with Crippen LogP contribution >= 0.6 is 11.8 Å². The zero-order valence-corrected chi connectivity index (χ0v) is 14.1. The lowest BCUT2D eigenvalue weighted by molar-refractivity contribution is 0.0953. The molecule has 0 fully saturated rings. The number of amides is 1. The van der Waals surface area contributed by atoms with E-state index in [1.165, 1.54) is 16.0 Å². The summed E-state index contributed by atoms with van der Waals surface area (Å²) in [6.45, 7) is 4.96. The van der Waals surface area contributed by atoms with Gasteiger partial charge in [-0.15, -0.1) is 11.8 Å². The highest BCUT2D eigenvalue weighted by Crippen LogP contribution is 2.23. The SMILES string of the molecule is CCCCNC(=O)c1ccc(CSc2ccc(C)cc2)cc1. The van der Waals surface area contributed by atoms with E-state index in [0.717, 1.165) is 30.7 Å². The number of hydrogen-bond acceptors (Lipinski definition) is 2. The van der Waals surface area contributed by atoms with Gasteiger partial charge in [-0.2, -0.15) is 0 Å². The summed E-state index contributed by atoms with van der Waals surface area (Å²) >= 11 is 1.81. The molecule has 2 aromatic rings. The van der Waals surface area contributed by atoms with Gasteiger partial charge >= 0.3 is 0 Å². The monoisotopic (exact) mass is 313 g/mol. The number of aryl methyl sites for hydroxylation is 1. The van der Waals surface area contributed by atoms with Crippen LogP contribution in [0.1, 0.15) is 41.3 Å². The molecule has 2 rings (SSSR count). The van der Waals surface area contributed by atoms with Crippen molar-refractivity contribution >= 4 is 17.7 Å². The maximum Gasteiger partial charge on any atom is 0.251 e. The number of thioether (sulfide) groups is 1. The van der Waals surface area contributed by atoms with Crippen molar-refractivity contribution in [2.45, 2.75) is 37.3 Å². The van der Waals surface area contributed by atoms with Gasteiger partial charge in [-0.25, -0.2) is 0 Å². The minimum Gasteiger partial charge on any atom is -0.352 e. The van der Waals surface area contributed by atoms with Gasteiger partial charge in [0, 0.05) is 22.8 Å². The van der Waals surface area contributed by atoms with Crippen LogP contribution in [0.3, 0.4) is 0 Å². The summed E-state index contributed by atoms with van der Waals surface area (Å²) in [5.74, 6) is 0.937. The van der Waals surface area contributed by atoms with E-state index in [4.69, 9.17) is 0 Å². The molecule has 0 aliphatic rings. The Morgan fingerprint density at radius 3 is 2.36 bits per heavy atom. The van der Waals surface area contributed by atoms with E-state index in [2.05, 4.69) is 43.4 Å². The number of carbonyl (C=O) groups excluding carboxylic acids is 1. The molecule has 1 amide bonds. The molecule has 0 spiro atoms. The van der Waals surface area contributed by atoms with Gasteiger partial charge in [-0.1, -0.05) is 43.2 Å². The van der Waals surface area contributed by atoms with Gasteiger partial charge in [0.2, 0.25) is 0 Å². The van der Waals surface area contributed by atoms with Crippen LogP contribution in [0.4, 0.5) is 0 Å². The van der Waals surface area contributed by atoms with Crippen molar-refractivity contribution in [3.63, 3.8) is 0 Å². The Labute approximate surface area is 137 Å². The van der Waals surface area contributed by atoms with E-state index < -0.39 is 0 Å². The van der Waals surface area contributed by atoms with Crippen LogP contribution in [0.25, 0.3) is 0 Å². The molecule has 116 valence electrons. The molecule has 0 atom stereocenters. The molecule has 0 aliphatic carbocycles. The number of hydrogen-bond donors (Lipinski definition) is 1. The molecule has 3 heteroatoms. The van der Waals surface area contributed by atoms with Crippen molar-refractivity contribution in [3.05, 3.63) is 65.2 Å². The molecule has 0 radical (unpaired) electrons. The normalized spacial score (nSPS) is 10.5. The first-order chi connectivity index (χ1) is 10.7. The maximum atomic E-state index is 11.9. The Balaban J connectivity index is 1.86. The Kier molecular flexibility index (Phi) is 6.53. The smallest absolute Gasteiger partial charge is 0.251 e. The molecule has 0 aromatic heterocycles. The van der Waals surface area contributed by atoms with E-state index >= 15 is 0 Å². The molecule has 2 nitrogen and oxygen atoms in total. The second-order valence-corrected chi connectivity index (χ2v) is 6.46. The largest absolute Gasteiger partial charge is 0.352 e. The maximum absolute atomic E-state index is 11.9. The molecule has 0 aliphatic heterocycles. The highest BCUT2D eigenvalue weighted by Gasteiger charge is 2.04. The first-order valence-electron chi connectivity index (χ1n) is 7.75. The third-order valence-electron chi connectivity index (χ3n) is 3.46. The van der Waals surface area contributed by atoms with Gasteiger partial charge in [0.05, 0.1) is 0 Å². The van der Waals surface area contributed by atoms with E-state index in [9.17, 15) is 4.79 Å². The van der Waals surface area contributed by atoms with Gasteiger partial charge in [0.1, 0.15) is 0 Å². The zero-order chi connectivity index (χ0) is 15.8. The molecule has 0 unspecified atom stereocenters. The molecule has 0 saturated carbocycles. The molecule has 2 aromatic carbocycles. The fraction of sp³-hybridized carbons (Fsp3) is 0.316. The third-order valence-corrected chi connectivity index (χ3v) is 4.54. The summed E-state index contributed by atoms with van der Waals surface area (Å²) in [5, 5.41) is 2.94. The van der Waals surface area contributed by atoms with Crippen LogP contribution < -0.4 is 5.32 Å². The predicted molar refractivity (Wildman–Crippen MR) is 94.4 cm³/mol. The lowest BCUT2D eigenvalue weighted by atomic mass is 10.1. The van der Waals surface area contributed by atoms with Crippen LogP contribution in [0, 0.1) is 6.92 Å². The van der Waals surface area contributed by atoms with E-state index in [1.54, 1.807) is 0 Å². The van der Waals surface area contributed by atoms with Gasteiger partial charge in [-0.3, -0.25) is 4.79 Å². The lowest BCUT2D eigenvalue weighted by Gasteiger charge is -2.06. The van der Waals surface area contributed by atoms with Gasteiger partial charge in [0.15, 0.2) is 0 Å². The Bertz CT molecular complexity index is 590. The van der Waals surface area contributed by atoms with Gasteiger partial charge in [-0.05, 0) is 43.2 Å². The van der Waals surface area contributed by atoms with Crippen molar-refractivity contribution in [2.75, 3.05) is 6.54 Å². The Morgan fingerprint density at radius 2 is 1.73 bits per heavy atom. The van der Waals surface area contributed by atoms with E-state index in [-0.39, 0.29) is 5.91 Å². The fourth-order valence-electron chi connectivity index (χ4n) is 2.03. The van der Waals surface area contributed by atoms with Crippen molar-refractivity contribution < 1.29 is 4.79 Å². The molecule has 22 heavy (non-hydrogen) atoms. The quantitative estimate of drug-likeness (QED) is 0.586. The van der Waals surface area contributed by atoms with Crippen LogP contribution in [0.15, 0.2) is 53.4 Å². The summed E-state index contributed by atoms with van der Waals surface area (Å²) in [7, 11) is 0. The Hall–Kier alpha value is -1.74. The highest BCUT2D eigenvalue weighted by atomic mass is 32.2. The Morgan fingerprint density at radius 1 is 1.05 bits per heavy atom. The topological polar surface area (TPSA) is 29.1 Å². The average molecular weight is 313 g/mol. The predicted octanol–water partition coefficient (Wildman–Crippen LogP) is 4.82. The second-order valence-electron chi connectivity index (χ2n) is 5.41. The van der Waals surface area contributed by atoms with Crippen molar-refractivity contribution in [1.29, 1.82) is 0 Å². The minimum absolute atomic E-state index is 0.0196.